The minimum atomic E-state index is -0.816. The highest BCUT2D eigenvalue weighted by atomic mass is 19.2. The van der Waals surface area contributed by atoms with Crippen LogP contribution in [0.3, 0.4) is 0 Å². The molecule has 2 rings (SSSR count). The molecule has 0 unspecified atom stereocenters. The number of nitrogens with zero attached hydrogens (tertiary/aromatic N) is 1. The first-order valence-electron chi connectivity index (χ1n) is 5.21. The van der Waals surface area contributed by atoms with Crippen LogP contribution in [0.5, 0.6) is 0 Å². The van der Waals surface area contributed by atoms with E-state index >= 15 is 0 Å². The summed E-state index contributed by atoms with van der Waals surface area (Å²) in [5, 5.41) is 0. The van der Waals surface area contributed by atoms with E-state index in [1.54, 1.807) is 25.3 Å². The summed E-state index contributed by atoms with van der Waals surface area (Å²) in [7, 11) is 0. The molecular formula is C13H12F2N2. The van der Waals surface area contributed by atoms with E-state index in [1.165, 1.54) is 6.07 Å². The fraction of sp³-hybridized carbons (Fsp3) is 0.154. The number of hydrogen-bond acceptors (Lipinski definition) is 2. The molecule has 88 valence electrons. The van der Waals surface area contributed by atoms with Crippen molar-refractivity contribution in [2.45, 2.75) is 13.3 Å². The van der Waals surface area contributed by atoms with Crippen molar-refractivity contribution in [2.75, 3.05) is 5.73 Å². The smallest absolute Gasteiger partial charge is 0.161 e. The molecule has 2 aromatic rings. The van der Waals surface area contributed by atoms with Gasteiger partial charge >= 0.3 is 0 Å². The lowest BCUT2D eigenvalue weighted by Gasteiger charge is -2.05. The molecule has 0 fully saturated rings. The highest BCUT2D eigenvalue weighted by Crippen LogP contribution is 2.17. The maximum Gasteiger partial charge on any atom is 0.161 e. The Balaban J connectivity index is 2.27. The molecule has 0 aliphatic heterocycles. The molecule has 0 saturated carbocycles. The van der Waals surface area contributed by atoms with Crippen molar-refractivity contribution in [3.8, 4) is 0 Å². The van der Waals surface area contributed by atoms with Crippen LogP contribution in [0.4, 0.5) is 14.6 Å². The van der Waals surface area contributed by atoms with E-state index in [-0.39, 0.29) is 0 Å². The Bertz CT molecular complexity index is 513. The van der Waals surface area contributed by atoms with Gasteiger partial charge in [0, 0.05) is 6.20 Å². The molecule has 0 amide bonds. The number of pyridine rings is 1. The van der Waals surface area contributed by atoms with E-state index in [9.17, 15) is 8.78 Å². The molecule has 0 radical (unpaired) electrons. The average Bonchev–Trinajstić information content (AvgIpc) is 2.29. The van der Waals surface area contributed by atoms with Gasteiger partial charge in [-0.25, -0.2) is 13.8 Å². The number of nitrogen functional groups attached to an aromatic ring is 1. The van der Waals surface area contributed by atoms with Gasteiger partial charge in [-0.1, -0.05) is 12.1 Å². The van der Waals surface area contributed by atoms with Crippen LogP contribution in [-0.2, 0) is 6.42 Å². The average molecular weight is 234 g/mol. The Morgan fingerprint density at radius 1 is 1.18 bits per heavy atom. The molecule has 0 spiro atoms. The van der Waals surface area contributed by atoms with Crippen LogP contribution in [-0.4, -0.2) is 4.98 Å². The molecule has 1 aromatic carbocycles. The van der Waals surface area contributed by atoms with E-state index in [4.69, 9.17) is 5.73 Å². The van der Waals surface area contributed by atoms with Crippen LogP contribution in [0.15, 0.2) is 30.5 Å². The molecule has 17 heavy (non-hydrogen) atoms. The second-order valence-corrected chi connectivity index (χ2v) is 3.98. The molecule has 0 saturated heterocycles. The zero-order valence-electron chi connectivity index (χ0n) is 9.37. The van der Waals surface area contributed by atoms with Crippen molar-refractivity contribution in [1.82, 2.24) is 4.98 Å². The van der Waals surface area contributed by atoms with Crippen LogP contribution in [0.25, 0.3) is 0 Å². The lowest BCUT2D eigenvalue weighted by molar-refractivity contribution is 0.502. The minimum absolute atomic E-state index is 0.309. The van der Waals surface area contributed by atoms with Gasteiger partial charge < -0.3 is 5.73 Å². The number of hydrogen-bond donors (Lipinski definition) is 1. The summed E-state index contributed by atoms with van der Waals surface area (Å²) in [6.07, 6.45) is 2.14. The van der Waals surface area contributed by atoms with E-state index in [2.05, 4.69) is 4.98 Å². The monoisotopic (exact) mass is 234 g/mol. The molecule has 2 nitrogen and oxygen atoms in total. The summed E-state index contributed by atoms with van der Waals surface area (Å²) in [6, 6.07) is 6.34. The van der Waals surface area contributed by atoms with Crippen LogP contribution < -0.4 is 5.73 Å². The summed E-state index contributed by atoms with van der Waals surface area (Å²) in [5.74, 6) is -1.16. The zero-order valence-corrected chi connectivity index (χ0v) is 9.37. The Kier molecular flexibility index (Phi) is 3.04. The Hall–Kier alpha value is -1.97. The predicted molar refractivity (Wildman–Crippen MR) is 62.6 cm³/mol. The van der Waals surface area contributed by atoms with Gasteiger partial charge in [0.25, 0.3) is 0 Å². The van der Waals surface area contributed by atoms with E-state index < -0.39 is 11.6 Å². The van der Waals surface area contributed by atoms with Crippen LogP contribution in [0.1, 0.15) is 16.7 Å². The van der Waals surface area contributed by atoms with Gasteiger partial charge in [-0.3, -0.25) is 0 Å². The summed E-state index contributed by atoms with van der Waals surface area (Å²) in [6.45, 7) is 1.54. The topological polar surface area (TPSA) is 38.9 Å². The van der Waals surface area contributed by atoms with E-state index in [0.29, 0.717) is 23.4 Å². The third-order valence-electron chi connectivity index (χ3n) is 2.53. The number of halogens is 2. The molecule has 4 heteroatoms. The number of aromatic nitrogens is 1. The highest BCUT2D eigenvalue weighted by molar-refractivity contribution is 5.33. The maximum absolute atomic E-state index is 13.2. The fourth-order valence-corrected chi connectivity index (χ4v) is 1.68. The Morgan fingerprint density at radius 3 is 2.53 bits per heavy atom. The molecule has 0 aliphatic carbocycles. The second-order valence-electron chi connectivity index (χ2n) is 3.98. The van der Waals surface area contributed by atoms with Crippen molar-refractivity contribution in [1.29, 1.82) is 0 Å². The quantitative estimate of drug-likeness (QED) is 0.867. The van der Waals surface area contributed by atoms with Crippen molar-refractivity contribution in [2.24, 2.45) is 0 Å². The van der Waals surface area contributed by atoms with E-state index in [0.717, 1.165) is 5.56 Å². The molecule has 0 atom stereocenters. The van der Waals surface area contributed by atoms with Crippen molar-refractivity contribution in [3.05, 3.63) is 58.8 Å². The van der Waals surface area contributed by atoms with Crippen LogP contribution in [0.2, 0.25) is 0 Å². The molecule has 0 aliphatic rings. The fourth-order valence-electron chi connectivity index (χ4n) is 1.68. The predicted octanol–water partition coefficient (Wildman–Crippen LogP) is 2.84. The maximum atomic E-state index is 13.2. The number of nitrogens with two attached hydrogens (primary N) is 1. The van der Waals surface area contributed by atoms with Gasteiger partial charge in [-0.2, -0.15) is 0 Å². The minimum Gasteiger partial charge on any atom is -0.384 e. The van der Waals surface area contributed by atoms with Gasteiger partial charge in [-0.15, -0.1) is 0 Å². The first-order chi connectivity index (χ1) is 8.06. The number of rotatable bonds is 2. The van der Waals surface area contributed by atoms with Crippen molar-refractivity contribution < 1.29 is 8.78 Å². The summed E-state index contributed by atoms with van der Waals surface area (Å²) in [4.78, 5) is 3.95. The lowest BCUT2D eigenvalue weighted by atomic mass is 10.0. The van der Waals surface area contributed by atoms with Gasteiger partial charge in [-0.05, 0) is 42.2 Å². The first kappa shape index (κ1) is 11.5. The number of aryl methyl sites for hydroxylation is 1. The molecular weight excluding hydrogens is 222 g/mol. The standard InChI is InChI=1S/C13H12F2N2/c1-8-4-10(6-11(14)13(8)15)5-9-2-3-12(16)17-7-9/h2-4,6-7H,5H2,1H3,(H2,16,17). The van der Waals surface area contributed by atoms with E-state index in [1.807, 2.05) is 6.07 Å². The summed E-state index contributed by atoms with van der Waals surface area (Å²) >= 11 is 0. The molecule has 1 aromatic heterocycles. The first-order valence-corrected chi connectivity index (χ1v) is 5.21. The zero-order chi connectivity index (χ0) is 12.4. The SMILES string of the molecule is Cc1cc(Cc2ccc(N)nc2)cc(F)c1F. The lowest BCUT2D eigenvalue weighted by Crippen LogP contribution is -1.96. The van der Waals surface area contributed by atoms with Crippen LogP contribution >= 0.6 is 0 Å². The molecule has 0 bridgehead atoms. The largest absolute Gasteiger partial charge is 0.384 e. The van der Waals surface area contributed by atoms with Crippen molar-refractivity contribution in [3.63, 3.8) is 0 Å². The normalized spacial score (nSPS) is 10.5. The summed E-state index contributed by atoms with van der Waals surface area (Å²) in [5.41, 5.74) is 7.40. The van der Waals surface area contributed by atoms with Crippen molar-refractivity contribution >= 4 is 5.82 Å². The third kappa shape index (κ3) is 2.58. The van der Waals surface area contributed by atoms with Gasteiger partial charge in [0.15, 0.2) is 11.6 Å². The van der Waals surface area contributed by atoms with Gasteiger partial charge in [0.2, 0.25) is 0 Å². The molecule has 2 N–H and O–H groups in total. The number of anilines is 1. The third-order valence-corrected chi connectivity index (χ3v) is 2.53. The Morgan fingerprint density at radius 2 is 1.94 bits per heavy atom. The highest BCUT2D eigenvalue weighted by Gasteiger charge is 2.07. The van der Waals surface area contributed by atoms with Gasteiger partial charge in [0.1, 0.15) is 5.82 Å². The van der Waals surface area contributed by atoms with Gasteiger partial charge in [0.05, 0.1) is 0 Å². The molecule has 1 heterocycles. The number of benzene rings is 1. The summed E-state index contributed by atoms with van der Waals surface area (Å²) < 4.78 is 26.3. The second kappa shape index (κ2) is 4.49. The van der Waals surface area contributed by atoms with Crippen LogP contribution in [0, 0.1) is 18.6 Å². The Labute approximate surface area is 98.1 Å².